The van der Waals surface area contributed by atoms with Crippen LogP contribution in [0.15, 0.2) is 34.9 Å². The van der Waals surface area contributed by atoms with Gasteiger partial charge in [-0.15, -0.1) is 0 Å². The molecule has 2 rings (SSSR count). The number of nitrogens with zero attached hydrogens (tertiary/aromatic N) is 1. The van der Waals surface area contributed by atoms with Gasteiger partial charge in [0.25, 0.3) is 0 Å². The molecule has 20 heavy (non-hydrogen) atoms. The van der Waals surface area contributed by atoms with E-state index in [1.54, 1.807) is 13.0 Å². The molecule has 1 aromatic carbocycles. The van der Waals surface area contributed by atoms with Crippen LogP contribution in [-0.4, -0.2) is 20.1 Å². The standard InChI is InChI=1S/C14H18N2O3S/c1-11-5-3-4-6-13(11)10-20(17,18)15-8-7-14-9-12(2)19-16-14/h3-6,9,15H,7-8,10H2,1-2H3. The molecule has 1 N–H and O–H groups in total. The summed E-state index contributed by atoms with van der Waals surface area (Å²) in [6, 6.07) is 9.27. The van der Waals surface area contributed by atoms with Crippen LogP contribution >= 0.6 is 0 Å². The summed E-state index contributed by atoms with van der Waals surface area (Å²) >= 11 is 0. The van der Waals surface area contributed by atoms with Gasteiger partial charge in [0.15, 0.2) is 0 Å². The van der Waals surface area contributed by atoms with E-state index >= 15 is 0 Å². The van der Waals surface area contributed by atoms with E-state index in [0.29, 0.717) is 13.0 Å². The molecule has 0 saturated heterocycles. The minimum atomic E-state index is -3.33. The quantitative estimate of drug-likeness (QED) is 0.884. The maximum absolute atomic E-state index is 12.0. The summed E-state index contributed by atoms with van der Waals surface area (Å²) in [6.07, 6.45) is 0.518. The predicted molar refractivity (Wildman–Crippen MR) is 76.7 cm³/mol. The number of aromatic nitrogens is 1. The summed E-state index contributed by atoms with van der Waals surface area (Å²) in [5.74, 6) is 0.722. The number of benzene rings is 1. The van der Waals surface area contributed by atoms with E-state index in [0.717, 1.165) is 22.6 Å². The zero-order valence-corrected chi connectivity index (χ0v) is 12.4. The first-order valence-electron chi connectivity index (χ1n) is 6.40. The Hall–Kier alpha value is -1.66. The molecule has 2 aromatic rings. The van der Waals surface area contributed by atoms with Crippen molar-refractivity contribution in [1.29, 1.82) is 0 Å². The van der Waals surface area contributed by atoms with Crippen molar-refractivity contribution < 1.29 is 12.9 Å². The van der Waals surface area contributed by atoms with Gasteiger partial charge in [-0.05, 0) is 25.0 Å². The summed E-state index contributed by atoms with van der Waals surface area (Å²) < 4.78 is 31.5. The van der Waals surface area contributed by atoms with Gasteiger partial charge in [-0.1, -0.05) is 29.4 Å². The number of rotatable bonds is 6. The van der Waals surface area contributed by atoms with E-state index in [1.807, 2.05) is 31.2 Å². The van der Waals surface area contributed by atoms with Crippen LogP contribution in [0.25, 0.3) is 0 Å². The van der Waals surface area contributed by atoms with Crippen LogP contribution in [0.3, 0.4) is 0 Å². The molecule has 6 heteroatoms. The third-order valence-corrected chi connectivity index (χ3v) is 4.32. The molecule has 0 fully saturated rings. The van der Waals surface area contributed by atoms with Gasteiger partial charge in [-0.2, -0.15) is 0 Å². The third-order valence-electron chi connectivity index (χ3n) is 2.99. The first kappa shape index (κ1) is 14.7. The average Bonchev–Trinajstić information content (AvgIpc) is 2.77. The maximum atomic E-state index is 12.0. The summed E-state index contributed by atoms with van der Waals surface area (Å²) in [7, 11) is -3.33. The zero-order chi connectivity index (χ0) is 14.6. The van der Waals surface area contributed by atoms with E-state index in [9.17, 15) is 8.42 Å². The number of aryl methyl sites for hydroxylation is 2. The molecule has 108 valence electrons. The fraction of sp³-hybridized carbons (Fsp3) is 0.357. The van der Waals surface area contributed by atoms with Crippen molar-refractivity contribution in [2.24, 2.45) is 0 Å². The number of hydrogen-bond donors (Lipinski definition) is 1. The van der Waals surface area contributed by atoms with E-state index in [4.69, 9.17) is 4.52 Å². The molecule has 0 aliphatic rings. The van der Waals surface area contributed by atoms with E-state index in [1.165, 1.54) is 0 Å². The van der Waals surface area contributed by atoms with Crippen molar-refractivity contribution in [2.45, 2.75) is 26.0 Å². The molecule has 5 nitrogen and oxygen atoms in total. The molecular weight excluding hydrogens is 276 g/mol. The topological polar surface area (TPSA) is 72.2 Å². The van der Waals surface area contributed by atoms with Crippen molar-refractivity contribution in [1.82, 2.24) is 9.88 Å². The summed E-state index contributed by atoms with van der Waals surface area (Å²) in [6.45, 7) is 4.03. The Morgan fingerprint density at radius 1 is 1.25 bits per heavy atom. The largest absolute Gasteiger partial charge is 0.361 e. The summed E-state index contributed by atoms with van der Waals surface area (Å²) in [5, 5.41) is 3.82. The Balaban J connectivity index is 1.90. The Labute approximate surface area is 119 Å². The van der Waals surface area contributed by atoms with Crippen LogP contribution in [0.2, 0.25) is 0 Å². The highest BCUT2D eigenvalue weighted by atomic mass is 32.2. The normalized spacial score (nSPS) is 11.7. The number of sulfonamides is 1. The van der Waals surface area contributed by atoms with Crippen molar-refractivity contribution in [3.63, 3.8) is 0 Å². The summed E-state index contributed by atoms with van der Waals surface area (Å²) in [4.78, 5) is 0. The highest BCUT2D eigenvalue weighted by Crippen LogP contribution is 2.10. The zero-order valence-electron chi connectivity index (χ0n) is 11.6. The third kappa shape index (κ3) is 4.18. The molecule has 0 aliphatic carbocycles. The lowest BCUT2D eigenvalue weighted by atomic mass is 10.1. The second-order valence-electron chi connectivity index (χ2n) is 4.76. The fourth-order valence-electron chi connectivity index (χ4n) is 1.90. The van der Waals surface area contributed by atoms with Gasteiger partial charge in [-0.25, -0.2) is 13.1 Å². The molecule has 0 aliphatic heterocycles. The summed E-state index contributed by atoms with van der Waals surface area (Å²) in [5.41, 5.74) is 2.54. The van der Waals surface area contributed by atoms with Crippen LogP contribution in [0.4, 0.5) is 0 Å². The van der Waals surface area contributed by atoms with Crippen LogP contribution in [-0.2, 0) is 22.2 Å². The number of nitrogens with one attached hydrogen (secondary N) is 1. The Bertz CT molecular complexity index is 677. The lowest BCUT2D eigenvalue weighted by molar-refractivity contribution is 0.390. The SMILES string of the molecule is Cc1cc(CCNS(=O)(=O)Cc2ccccc2C)no1. The van der Waals surface area contributed by atoms with E-state index < -0.39 is 10.0 Å². The lowest BCUT2D eigenvalue weighted by Crippen LogP contribution is -2.27. The van der Waals surface area contributed by atoms with Crippen LogP contribution in [0.5, 0.6) is 0 Å². The molecule has 0 unspecified atom stereocenters. The second-order valence-corrected chi connectivity index (χ2v) is 6.57. The molecule has 1 heterocycles. The van der Waals surface area contributed by atoms with Crippen LogP contribution < -0.4 is 4.72 Å². The molecule has 0 radical (unpaired) electrons. The van der Waals surface area contributed by atoms with E-state index in [-0.39, 0.29) is 5.75 Å². The van der Waals surface area contributed by atoms with Crippen LogP contribution in [0.1, 0.15) is 22.6 Å². The second kappa shape index (κ2) is 6.19. The number of hydrogen-bond acceptors (Lipinski definition) is 4. The minimum absolute atomic E-state index is 0.00246. The Morgan fingerprint density at radius 2 is 2.00 bits per heavy atom. The highest BCUT2D eigenvalue weighted by molar-refractivity contribution is 7.88. The maximum Gasteiger partial charge on any atom is 0.215 e. The molecule has 0 spiro atoms. The molecule has 0 atom stereocenters. The predicted octanol–water partition coefficient (Wildman–Crippen LogP) is 1.95. The molecule has 0 bridgehead atoms. The van der Waals surface area contributed by atoms with Gasteiger partial charge in [0, 0.05) is 19.0 Å². The lowest BCUT2D eigenvalue weighted by Gasteiger charge is -2.08. The van der Waals surface area contributed by atoms with Gasteiger partial charge in [0.2, 0.25) is 10.0 Å². The van der Waals surface area contributed by atoms with Gasteiger partial charge in [0.05, 0.1) is 11.4 Å². The Morgan fingerprint density at radius 3 is 2.65 bits per heavy atom. The average molecular weight is 294 g/mol. The van der Waals surface area contributed by atoms with Crippen molar-refractivity contribution >= 4 is 10.0 Å². The fourth-order valence-corrected chi connectivity index (χ4v) is 3.15. The van der Waals surface area contributed by atoms with E-state index in [2.05, 4.69) is 9.88 Å². The van der Waals surface area contributed by atoms with Gasteiger partial charge in [-0.3, -0.25) is 0 Å². The first-order chi connectivity index (χ1) is 9.46. The Kier molecular flexibility index (Phi) is 4.57. The molecule has 1 aromatic heterocycles. The smallest absolute Gasteiger partial charge is 0.215 e. The van der Waals surface area contributed by atoms with Crippen molar-refractivity contribution in [3.8, 4) is 0 Å². The van der Waals surface area contributed by atoms with Crippen molar-refractivity contribution in [2.75, 3.05) is 6.54 Å². The van der Waals surface area contributed by atoms with Gasteiger partial charge >= 0.3 is 0 Å². The monoisotopic (exact) mass is 294 g/mol. The van der Waals surface area contributed by atoms with Crippen molar-refractivity contribution in [3.05, 3.63) is 52.9 Å². The van der Waals surface area contributed by atoms with Gasteiger partial charge in [0.1, 0.15) is 5.76 Å². The highest BCUT2D eigenvalue weighted by Gasteiger charge is 2.12. The minimum Gasteiger partial charge on any atom is -0.361 e. The molecule has 0 saturated carbocycles. The molecular formula is C14H18N2O3S. The van der Waals surface area contributed by atoms with Gasteiger partial charge < -0.3 is 4.52 Å². The molecule has 0 amide bonds. The first-order valence-corrected chi connectivity index (χ1v) is 8.05. The van der Waals surface area contributed by atoms with Crippen LogP contribution in [0, 0.1) is 13.8 Å².